The average Bonchev–Trinajstić information content (AvgIpc) is 2.93. The fourth-order valence-electron chi connectivity index (χ4n) is 2.65. The summed E-state index contributed by atoms with van der Waals surface area (Å²) in [7, 11) is 0. The van der Waals surface area contributed by atoms with E-state index in [0.29, 0.717) is 24.0 Å². The van der Waals surface area contributed by atoms with Crippen LogP contribution in [0.15, 0.2) is 18.5 Å². The highest BCUT2D eigenvalue weighted by molar-refractivity contribution is 6.06. The van der Waals surface area contributed by atoms with E-state index in [2.05, 4.69) is 10.3 Å². The third kappa shape index (κ3) is 2.64. The minimum Gasteiger partial charge on any atom is -0.330 e. The summed E-state index contributed by atoms with van der Waals surface area (Å²) < 4.78 is 28.2. The number of fused-ring (bicyclic) bond motifs is 1. The Morgan fingerprint density at radius 1 is 1.17 bits per heavy atom. The molecule has 1 aromatic heterocycles. The second kappa shape index (κ2) is 5.29. The Morgan fingerprint density at radius 3 is 2.52 bits per heavy atom. The molecule has 6 nitrogen and oxygen atoms in total. The van der Waals surface area contributed by atoms with Crippen molar-refractivity contribution >= 4 is 23.0 Å². The van der Waals surface area contributed by atoms with Gasteiger partial charge in [0, 0.05) is 25.2 Å². The lowest BCUT2D eigenvalue weighted by molar-refractivity contribution is -0.130. The standard InChI is InChI=1S/C15H16F2N4O2/c1-15(2)13(22)21(14(23)19-15)5-3-4-20-8-18-11-6-9(16)10(17)7-12(11)20/h6-8H,3-5H2,1-2H3,(H,19,23). The number of benzene rings is 1. The van der Waals surface area contributed by atoms with Gasteiger partial charge in [0.15, 0.2) is 11.6 Å². The van der Waals surface area contributed by atoms with E-state index in [1.807, 2.05) is 0 Å². The Bertz CT molecular complexity index is 800. The maximum absolute atomic E-state index is 13.3. The van der Waals surface area contributed by atoms with E-state index in [1.54, 1.807) is 18.4 Å². The van der Waals surface area contributed by atoms with Gasteiger partial charge >= 0.3 is 6.03 Å². The van der Waals surface area contributed by atoms with Gasteiger partial charge in [-0.3, -0.25) is 9.69 Å². The van der Waals surface area contributed by atoms with Crippen LogP contribution in [0.1, 0.15) is 20.3 Å². The van der Waals surface area contributed by atoms with Crippen LogP contribution in [-0.2, 0) is 11.3 Å². The average molecular weight is 322 g/mol. The molecule has 0 bridgehead atoms. The number of urea groups is 1. The fourth-order valence-corrected chi connectivity index (χ4v) is 2.65. The molecule has 8 heteroatoms. The Labute approximate surface area is 131 Å². The minimum atomic E-state index is -0.940. The lowest BCUT2D eigenvalue weighted by Gasteiger charge is -2.16. The molecular formula is C15H16F2N4O2. The highest BCUT2D eigenvalue weighted by Gasteiger charge is 2.43. The molecule has 1 fully saturated rings. The number of imidazole rings is 1. The molecular weight excluding hydrogens is 306 g/mol. The number of hydrogen-bond acceptors (Lipinski definition) is 3. The van der Waals surface area contributed by atoms with Crippen molar-refractivity contribution in [2.75, 3.05) is 6.54 Å². The molecule has 1 saturated heterocycles. The topological polar surface area (TPSA) is 67.2 Å². The molecule has 0 spiro atoms. The van der Waals surface area contributed by atoms with Gasteiger partial charge in [-0.2, -0.15) is 0 Å². The molecule has 3 rings (SSSR count). The van der Waals surface area contributed by atoms with Gasteiger partial charge in [-0.25, -0.2) is 18.6 Å². The van der Waals surface area contributed by atoms with Crippen LogP contribution in [-0.4, -0.2) is 38.5 Å². The third-order valence-electron chi connectivity index (χ3n) is 3.89. The number of hydrogen-bond donors (Lipinski definition) is 1. The zero-order valence-corrected chi connectivity index (χ0v) is 12.8. The first-order chi connectivity index (χ1) is 10.8. The molecule has 0 saturated carbocycles. The van der Waals surface area contributed by atoms with Crippen molar-refractivity contribution in [1.82, 2.24) is 19.8 Å². The van der Waals surface area contributed by atoms with Crippen molar-refractivity contribution in [2.45, 2.75) is 32.4 Å². The molecule has 1 aromatic carbocycles. The predicted molar refractivity (Wildman–Crippen MR) is 78.6 cm³/mol. The van der Waals surface area contributed by atoms with Crippen molar-refractivity contribution < 1.29 is 18.4 Å². The van der Waals surface area contributed by atoms with Crippen molar-refractivity contribution in [2.24, 2.45) is 0 Å². The number of aromatic nitrogens is 2. The Balaban J connectivity index is 1.69. The molecule has 0 unspecified atom stereocenters. The number of aryl methyl sites for hydroxylation is 1. The molecule has 2 aromatic rings. The maximum atomic E-state index is 13.3. The molecule has 122 valence electrons. The Morgan fingerprint density at radius 2 is 1.87 bits per heavy atom. The van der Waals surface area contributed by atoms with Crippen LogP contribution in [0.2, 0.25) is 0 Å². The molecule has 2 heterocycles. The van der Waals surface area contributed by atoms with Crippen LogP contribution >= 0.6 is 0 Å². The maximum Gasteiger partial charge on any atom is 0.325 e. The number of nitrogens with zero attached hydrogens (tertiary/aromatic N) is 3. The molecule has 1 aliphatic heterocycles. The molecule has 0 aliphatic carbocycles. The van der Waals surface area contributed by atoms with Crippen molar-refractivity contribution in [3.05, 3.63) is 30.1 Å². The first-order valence-electron chi connectivity index (χ1n) is 7.23. The van der Waals surface area contributed by atoms with Crippen molar-refractivity contribution in [3.63, 3.8) is 0 Å². The molecule has 3 amide bonds. The van der Waals surface area contributed by atoms with Gasteiger partial charge in [0.1, 0.15) is 5.54 Å². The molecule has 1 aliphatic rings. The summed E-state index contributed by atoms with van der Waals surface area (Å²) in [4.78, 5) is 29.0. The van der Waals surface area contributed by atoms with Crippen LogP contribution < -0.4 is 5.32 Å². The zero-order valence-electron chi connectivity index (χ0n) is 12.8. The van der Waals surface area contributed by atoms with E-state index in [1.165, 1.54) is 11.2 Å². The smallest absolute Gasteiger partial charge is 0.325 e. The number of nitrogens with one attached hydrogen (secondary N) is 1. The summed E-state index contributed by atoms with van der Waals surface area (Å²) in [5.74, 6) is -2.15. The first kappa shape index (κ1) is 15.4. The van der Waals surface area contributed by atoms with Gasteiger partial charge in [0.05, 0.1) is 17.4 Å². The quantitative estimate of drug-likeness (QED) is 0.876. The summed E-state index contributed by atoms with van der Waals surface area (Å²) in [6.07, 6.45) is 1.97. The van der Waals surface area contributed by atoms with Gasteiger partial charge in [-0.05, 0) is 20.3 Å². The number of halogens is 2. The van der Waals surface area contributed by atoms with E-state index in [-0.39, 0.29) is 12.5 Å². The first-order valence-corrected chi connectivity index (χ1v) is 7.23. The van der Waals surface area contributed by atoms with E-state index in [4.69, 9.17) is 0 Å². The van der Waals surface area contributed by atoms with Crippen molar-refractivity contribution in [1.29, 1.82) is 0 Å². The second-order valence-corrected chi connectivity index (χ2v) is 6.06. The van der Waals surface area contributed by atoms with Gasteiger partial charge < -0.3 is 9.88 Å². The zero-order chi connectivity index (χ0) is 16.8. The van der Waals surface area contributed by atoms with E-state index in [0.717, 1.165) is 12.1 Å². The number of imide groups is 1. The highest BCUT2D eigenvalue weighted by Crippen LogP contribution is 2.19. The van der Waals surface area contributed by atoms with E-state index < -0.39 is 23.2 Å². The van der Waals surface area contributed by atoms with Crippen LogP contribution in [0.25, 0.3) is 11.0 Å². The van der Waals surface area contributed by atoms with Crippen LogP contribution in [0.5, 0.6) is 0 Å². The third-order valence-corrected chi connectivity index (χ3v) is 3.89. The highest BCUT2D eigenvalue weighted by atomic mass is 19.2. The SMILES string of the molecule is CC1(C)NC(=O)N(CCCn2cnc3cc(F)c(F)cc32)C1=O. The van der Waals surface area contributed by atoms with Crippen LogP contribution in [0, 0.1) is 11.6 Å². The van der Waals surface area contributed by atoms with Crippen molar-refractivity contribution in [3.8, 4) is 0 Å². The minimum absolute atomic E-state index is 0.247. The van der Waals surface area contributed by atoms with Gasteiger partial charge in [0.25, 0.3) is 5.91 Å². The molecule has 1 N–H and O–H groups in total. The predicted octanol–water partition coefficient (Wildman–Crippen LogP) is 2.03. The summed E-state index contributed by atoms with van der Waals surface area (Å²) in [5, 5.41) is 2.61. The summed E-state index contributed by atoms with van der Waals surface area (Å²) in [5.41, 5.74) is -0.0548. The molecule has 0 atom stereocenters. The second-order valence-electron chi connectivity index (χ2n) is 6.06. The largest absolute Gasteiger partial charge is 0.330 e. The van der Waals surface area contributed by atoms with Crippen LogP contribution in [0.4, 0.5) is 13.6 Å². The fraction of sp³-hybridized carbons (Fsp3) is 0.400. The molecule has 0 radical (unpaired) electrons. The van der Waals surface area contributed by atoms with E-state index >= 15 is 0 Å². The summed E-state index contributed by atoms with van der Waals surface area (Å²) in [6, 6.07) is 1.72. The lowest BCUT2D eigenvalue weighted by Crippen LogP contribution is -2.40. The van der Waals surface area contributed by atoms with E-state index in [9.17, 15) is 18.4 Å². The summed E-state index contributed by atoms with van der Waals surface area (Å²) in [6.45, 7) is 3.97. The summed E-state index contributed by atoms with van der Waals surface area (Å²) >= 11 is 0. The Hall–Kier alpha value is -2.51. The van der Waals surface area contributed by atoms with Gasteiger partial charge in [-0.1, -0.05) is 0 Å². The van der Waals surface area contributed by atoms with Gasteiger partial charge in [0.2, 0.25) is 0 Å². The van der Waals surface area contributed by atoms with Crippen LogP contribution in [0.3, 0.4) is 0 Å². The van der Waals surface area contributed by atoms with Gasteiger partial charge in [-0.15, -0.1) is 0 Å². The monoisotopic (exact) mass is 322 g/mol. The number of rotatable bonds is 4. The number of carbonyl (C=O) groups excluding carboxylic acids is 2. The molecule has 23 heavy (non-hydrogen) atoms. The Kier molecular flexibility index (Phi) is 3.54. The lowest BCUT2D eigenvalue weighted by atomic mass is 10.1. The number of amides is 3. The normalized spacial score (nSPS) is 17.1. The number of carbonyl (C=O) groups is 2.